The number of nitrogens with one attached hydrogen (secondary N) is 2. The van der Waals surface area contributed by atoms with E-state index >= 15 is 0 Å². The van der Waals surface area contributed by atoms with Crippen molar-refractivity contribution in [3.8, 4) is 0 Å². The fraction of sp³-hybridized carbons (Fsp3) is 0.529. The molecule has 0 aliphatic rings. The van der Waals surface area contributed by atoms with Gasteiger partial charge in [0.15, 0.2) is 10.1 Å². The van der Waals surface area contributed by atoms with Crippen LogP contribution < -0.4 is 5.32 Å². The van der Waals surface area contributed by atoms with Crippen LogP contribution in [0.3, 0.4) is 0 Å². The zero-order valence-electron chi connectivity index (χ0n) is 15.6. The van der Waals surface area contributed by atoms with Crippen molar-refractivity contribution >= 4 is 40.0 Å². The summed E-state index contributed by atoms with van der Waals surface area (Å²) in [5.74, 6) is 0.250. The Morgan fingerprint density at radius 2 is 2.04 bits per heavy atom. The third-order valence-electron chi connectivity index (χ3n) is 3.59. The molecule has 0 unspecified atom stereocenters. The third kappa shape index (κ3) is 5.07. The molecular formula is C17H24N4O3S2. The van der Waals surface area contributed by atoms with Crippen molar-refractivity contribution in [3.63, 3.8) is 0 Å². The molecule has 0 bridgehead atoms. The molecule has 2 N–H and O–H groups in total. The molecule has 2 aromatic heterocycles. The number of thioether (sulfide) groups is 1. The first-order chi connectivity index (χ1) is 12.3. The summed E-state index contributed by atoms with van der Waals surface area (Å²) in [5, 5.41) is 12.1. The van der Waals surface area contributed by atoms with E-state index in [2.05, 4.69) is 34.3 Å². The molecule has 0 aliphatic carbocycles. The molecule has 142 valence electrons. The Balaban J connectivity index is 2.00. The minimum Gasteiger partial charge on any atom is -0.462 e. The van der Waals surface area contributed by atoms with Gasteiger partial charge in [0, 0.05) is 12.2 Å². The number of ether oxygens (including phenoxy) is 1. The number of carbonyl (C=O) groups excluding carboxylic acids is 2. The van der Waals surface area contributed by atoms with Crippen LogP contribution in [0, 0.1) is 19.8 Å². The van der Waals surface area contributed by atoms with Crippen molar-refractivity contribution in [3.05, 3.63) is 22.5 Å². The fourth-order valence-electron chi connectivity index (χ4n) is 2.37. The Morgan fingerprint density at radius 1 is 1.31 bits per heavy atom. The second-order valence-electron chi connectivity index (χ2n) is 6.21. The zero-order valence-corrected chi connectivity index (χ0v) is 17.3. The number of H-pyrrole nitrogens is 1. The molecule has 0 radical (unpaired) electrons. The van der Waals surface area contributed by atoms with E-state index in [-0.39, 0.29) is 11.5 Å². The van der Waals surface area contributed by atoms with E-state index in [1.807, 2.05) is 0 Å². The number of nitrogens with zero attached hydrogens (tertiary/aromatic N) is 2. The molecular weight excluding hydrogens is 372 g/mol. The molecule has 0 aliphatic heterocycles. The van der Waals surface area contributed by atoms with E-state index in [1.54, 1.807) is 20.8 Å². The number of anilines is 1. The number of aryl methyl sites for hydroxylation is 1. The van der Waals surface area contributed by atoms with Gasteiger partial charge in [-0.05, 0) is 32.3 Å². The number of hydrogen-bond acceptors (Lipinski definition) is 8. The molecule has 0 fully saturated rings. The van der Waals surface area contributed by atoms with E-state index in [0.29, 0.717) is 35.0 Å². The second kappa shape index (κ2) is 9.18. The van der Waals surface area contributed by atoms with E-state index < -0.39 is 5.97 Å². The summed E-state index contributed by atoms with van der Waals surface area (Å²) in [7, 11) is 0. The zero-order chi connectivity index (χ0) is 19.3. The van der Waals surface area contributed by atoms with E-state index in [9.17, 15) is 9.59 Å². The van der Waals surface area contributed by atoms with Crippen LogP contribution in [0.25, 0.3) is 0 Å². The number of rotatable bonds is 9. The molecule has 0 aromatic carbocycles. The molecule has 0 saturated heterocycles. The summed E-state index contributed by atoms with van der Waals surface area (Å²) in [5.41, 5.74) is 2.16. The van der Waals surface area contributed by atoms with E-state index in [0.717, 1.165) is 16.0 Å². The Labute approximate surface area is 161 Å². The first kappa shape index (κ1) is 20.4. The molecule has 2 heterocycles. The minimum atomic E-state index is -0.407. The highest BCUT2D eigenvalue weighted by Crippen LogP contribution is 2.27. The van der Waals surface area contributed by atoms with Gasteiger partial charge in [-0.3, -0.25) is 4.79 Å². The summed E-state index contributed by atoms with van der Waals surface area (Å²) in [6, 6.07) is 0. The van der Waals surface area contributed by atoms with Gasteiger partial charge < -0.3 is 15.0 Å². The van der Waals surface area contributed by atoms with Crippen molar-refractivity contribution in [1.82, 2.24) is 15.2 Å². The van der Waals surface area contributed by atoms with Gasteiger partial charge in [-0.2, -0.15) is 0 Å². The summed E-state index contributed by atoms with van der Waals surface area (Å²) < 4.78 is 5.79. The van der Waals surface area contributed by atoms with Crippen LogP contribution in [-0.4, -0.2) is 45.8 Å². The van der Waals surface area contributed by atoms with Gasteiger partial charge in [-0.15, -0.1) is 10.2 Å². The normalized spacial score (nSPS) is 11.0. The van der Waals surface area contributed by atoms with Crippen molar-refractivity contribution in [2.45, 2.75) is 39.0 Å². The van der Waals surface area contributed by atoms with Crippen LogP contribution in [0.1, 0.15) is 52.9 Å². The third-order valence-corrected chi connectivity index (χ3v) is 5.60. The van der Waals surface area contributed by atoms with Crippen molar-refractivity contribution in [1.29, 1.82) is 0 Å². The summed E-state index contributed by atoms with van der Waals surface area (Å²) in [6.45, 7) is 10.6. The minimum absolute atomic E-state index is 0.0851. The van der Waals surface area contributed by atoms with Crippen LogP contribution in [0.15, 0.2) is 4.34 Å². The molecule has 9 heteroatoms. The number of aromatic amines is 1. The van der Waals surface area contributed by atoms with Crippen molar-refractivity contribution in [2.75, 3.05) is 24.2 Å². The number of hydrogen-bond donors (Lipinski definition) is 2. The highest BCUT2D eigenvalue weighted by Gasteiger charge is 2.23. The van der Waals surface area contributed by atoms with Crippen LogP contribution in [-0.2, 0) is 4.74 Å². The molecule has 0 amide bonds. The Kier molecular flexibility index (Phi) is 7.22. The second-order valence-corrected chi connectivity index (χ2v) is 8.41. The molecule has 0 spiro atoms. The van der Waals surface area contributed by atoms with Gasteiger partial charge in [-0.25, -0.2) is 4.79 Å². The first-order valence-electron chi connectivity index (χ1n) is 8.43. The molecule has 7 nitrogen and oxygen atoms in total. The SMILES string of the molecule is CCOC(=O)c1c(C)[nH]c(C(=O)CSc2nnc(NCC(C)C)s2)c1C. The lowest BCUT2D eigenvalue weighted by Gasteiger charge is -2.03. The summed E-state index contributed by atoms with van der Waals surface area (Å²) in [4.78, 5) is 27.6. The molecule has 2 aromatic rings. The lowest BCUT2D eigenvalue weighted by molar-refractivity contribution is 0.0525. The smallest absolute Gasteiger partial charge is 0.340 e. The molecule has 0 atom stereocenters. The number of esters is 1. The van der Waals surface area contributed by atoms with Crippen molar-refractivity contribution < 1.29 is 14.3 Å². The van der Waals surface area contributed by atoms with Gasteiger partial charge >= 0.3 is 5.97 Å². The maximum absolute atomic E-state index is 12.5. The Morgan fingerprint density at radius 3 is 2.69 bits per heavy atom. The van der Waals surface area contributed by atoms with Crippen LogP contribution in [0.2, 0.25) is 0 Å². The van der Waals surface area contributed by atoms with Gasteiger partial charge in [0.1, 0.15) is 0 Å². The van der Waals surface area contributed by atoms with Gasteiger partial charge in [-0.1, -0.05) is 36.9 Å². The molecule has 2 rings (SSSR count). The highest BCUT2D eigenvalue weighted by molar-refractivity contribution is 8.01. The average Bonchev–Trinajstić information content (AvgIpc) is 3.15. The number of ketones is 1. The fourth-order valence-corrected chi connectivity index (χ4v) is 4.00. The predicted octanol–water partition coefficient (Wildman–Crippen LogP) is 3.70. The van der Waals surface area contributed by atoms with Crippen LogP contribution >= 0.6 is 23.1 Å². The maximum atomic E-state index is 12.5. The van der Waals surface area contributed by atoms with Gasteiger partial charge in [0.05, 0.1) is 23.6 Å². The number of aromatic nitrogens is 3. The van der Waals surface area contributed by atoms with E-state index in [1.165, 1.54) is 23.1 Å². The predicted molar refractivity (Wildman–Crippen MR) is 105 cm³/mol. The largest absolute Gasteiger partial charge is 0.462 e. The highest BCUT2D eigenvalue weighted by atomic mass is 32.2. The molecule has 26 heavy (non-hydrogen) atoms. The number of carbonyl (C=O) groups is 2. The average molecular weight is 397 g/mol. The maximum Gasteiger partial charge on any atom is 0.340 e. The summed E-state index contributed by atoms with van der Waals surface area (Å²) >= 11 is 2.77. The lowest BCUT2D eigenvalue weighted by Crippen LogP contribution is -2.08. The van der Waals surface area contributed by atoms with Gasteiger partial charge in [0.2, 0.25) is 5.13 Å². The standard InChI is InChI=1S/C17H24N4O3S2/c1-6-24-15(23)13-10(4)14(19-11(13)5)12(22)8-25-17-21-20-16(26-17)18-7-9(2)3/h9,19H,6-8H2,1-5H3,(H,18,20). The number of Topliss-reactive ketones (excluding diaryl/α,β-unsaturated/α-hetero) is 1. The topological polar surface area (TPSA) is 97.0 Å². The van der Waals surface area contributed by atoms with Crippen molar-refractivity contribution in [2.24, 2.45) is 5.92 Å². The molecule has 0 saturated carbocycles. The van der Waals surface area contributed by atoms with Gasteiger partial charge in [0.25, 0.3) is 0 Å². The lowest BCUT2D eigenvalue weighted by atomic mass is 10.1. The van der Waals surface area contributed by atoms with Crippen LogP contribution in [0.5, 0.6) is 0 Å². The van der Waals surface area contributed by atoms with Crippen LogP contribution in [0.4, 0.5) is 5.13 Å². The monoisotopic (exact) mass is 396 g/mol. The quantitative estimate of drug-likeness (QED) is 0.379. The van der Waals surface area contributed by atoms with E-state index in [4.69, 9.17) is 4.74 Å². The Bertz CT molecular complexity index is 783. The summed E-state index contributed by atoms with van der Waals surface area (Å²) in [6.07, 6.45) is 0. The first-order valence-corrected chi connectivity index (χ1v) is 10.2. The Hall–Kier alpha value is -1.87.